The average Bonchev–Trinajstić information content (AvgIpc) is 2.78. The van der Waals surface area contributed by atoms with Crippen molar-refractivity contribution in [1.29, 1.82) is 0 Å². The zero-order chi connectivity index (χ0) is 21.1. The predicted octanol–water partition coefficient (Wildman–Crippen LogP) is 3.07. The molecule has 0 unspecified atom stereocenters. The van der Waals surface area contributed by atoms with Crippen molar-refractivity contribution >= 4 is 23.9 Å². The van der Waals surface area contributed by atoms with Gasteiger partial charge in [0.05, 0.1) is 17.5 Å². The van der Waals surface area contributed by atoms with Gasteiger partial charge in [-0.2, -0.15) is 0 Å². The number of fused-ring (bicyclic) bond motifs is 1. The molecular weight excluding hydrogens is 364 g/mol. The van der Waals surface area contributed by atoms with Crippen LogP contribution in [0.3, 0.4) is 0 Å². The maximum atomic E-state index is 12.3. The van der Waals surface area contributed by atoms with E-state index in [0.29, 0.717) is 11.5 Å². The van der Waals surface area contributed by atoms with E-state index in [9.17, 15) is 19.2 Å². The molecule has 0 aromatic heterocycles. The Hall–Kier alpha value is -2.90. The minimum Gasteiger partial charge on any atom is -0.444 e. The number of hydrogen-bond donors (Lipinski definition) is 1. The van der Waals surface area contributed by atoms with Crippen LogP contribution in [-0.2, 0) is 14.4 Å². The number of ether oxygens (including phenoxy) is 1. The fourth-order valence-corrected chi connectivity index (χ4v) is 2.83. The first-order valence-electron chi connectivity index (χ1n) is 9.16. The summed E-state index contributed by atoms with van der Waals surface area (Å²) in [5, 5.41) is 3.12. The molecule has 3 amide bonds. The van der Waals surface area contributed by atoms with Gasteiger partial charge in [-0.25, -0.2) is 9.59 Å². The van der Waals surface area contributed by atoms with Gasteiger partial charge in [-0.05, 0) is 45.2 Å². The quantitative estimate of drug-likeness (QED) is 0.749. The van der Waals surface area contributed by atoms with E-state index in [-0.39, 0.29) is 23.5 Å². The third-order valence-electron chi connectivity index (χ3n) is 3.84. The first kappa shape index (κ1) is 21.4. The molecule has 1 aromatic rings. The van der Waals surface area contributed by atoms with Crippen molar-refractivity contribution in [3.8, 4) is 0 Å². The van der Waals surface area contributed by atoms with E-state index in [4.69, 9.17) is 9.57 Å². The monoisotopic (exact) mass is 390 g/mol. The second-order valence-corrected chi connectivity index (χ2v) is 8.09. The van der Waals surface area contributed by atoms with Crippen molar-refractivity contribution in [2.45, 2.75) is 59.1 Å². The third kappa shape index (κ3) is 5.55. The summed E-state index contributed by atoms with van der Waals surface area (Å²) in [6, 6.07) is 5.68. The molecule has 0 aliphatic carbocycles. The van der Waals surface area contributed by atoms with E-state index in [1.807, 2.05) is 13.8 Å². The summed E-state index contributed by atoms with van der Waals surface area (Å²) in [6.45, 7) is 9.10. The Morgan fingerprint density at radius 2 is 1.61 bits per heavy atom. The van der Waals surface area contributed by atoms with Crippen molar-refractivity contribution in [2.75, 3.05) is 0 Å². The smallest absolute Gasteiger partial charge is 0.407 e. The summed E-state index contributed by atoms with van der Waals surface area (Å²) in [5.41, 5.74) is -0.301. The van der Waals surface area contributed by atoms with Gasteiger partial charge in [0.1, 0.15) is 5.60 Å². The van der Waals surface area contributed by atoms with Crippen molar-refractivity contribution in [1.82, 2.24) is 10.4 Å². The SMILES string of the molecule is CC(C)C[C@H](CC(=O)ON1C(=O)c2ccccc2C1=O)NC(=O)OC(C)(C)C. The van der Waals surface area contributed by atoms with Gasteiger partial charge in [-0.15, -0.1) is 0 Å². The van der Waals surface area contributed by atoms with Gasteiger partial charge in [0.25, 0.3) is 11.8 Å². The van der Waals surface area contributed by atoms with E-state index < -0.39 is 35.5 Å². The van der Waals surface area contributed by atoms with Gasteiger partial charge in [-0.1, -0.05) is 31.0 Å². The zero-order valence-corrected chi connectivity index (χ0v) is 16.8. The summed E-state index contributed by atoms with van der Waals surface area (Å²) in [5.74, 6) is -1.98. The van der Waals surface area contributed by atoms with Crippen LogP contribution in [-0.4, -0.2) is 40.6 Å². The van der Waals surface area contributed by atoms with Crippen LogP contribution in [0.1, 0.15) is 68.2 Å². The van der Waals surface area contributed by atoms with Crippen LogP contribution < -0.4 is 5.32 Å². The molecule has 8 heteroatoms. The number of imide groups is 1. The zero-order valence-electron chi connectivity index (χ0n) is 16.8. The second-order valence-electron chi connectivity index (χ2n) is 8.09. The summed E-state index contributed by atoms with van der Waals surface area (Å²) in [6.07, 6.45) is -0.354. The number of nitrogens with zero attached hydrogens (tertiary/aromatic N) is 1. The molecule has 1 N–H and O–H groups in total. The molecular formula is C20H26N2O6. The number of amides is 3. The van der Waals surface area contributed by atoms with E-state index in [1.54, 1.807) is 32.9 Å². The summed E-state index contributed by atoms with van der Waals surface area (Å²) >= 11 is 0. The Kier molecular flexibility index (Phi) is 6.43. The largest absolute Gasteiger partial charge is 0.444 e. The molecule has 1 aliphatic heterocycles. The van der Waals surface area contributed by atoms with Crippen LogP contribution in [0.5, 0.6) is 0 Å². The van der Waals surface area contributed by atoms with Crippen LogP contribution >= 0.6 is 0 Å². The van der Waals surface area contributed by atoms with E-state index in [2.05, 4.69) is 5.32 Å². The first-order valence-corrected chi connectivity index (χ1v) is 9.16. The average molecular weight is 390 g/mol. The highest BCUT2D eigenvalue weighted by atomic mass is 16.7. The lowest BCUT2D eigenvalue weighted by Gasteiger charge is -2.24. The van der Waals surface area contributed by atoms with Gasteiger partial charge < -0.3 is 14.9 Å². The number of hydrogen-bond acceptors (Lipinski definition) is 6. The number of carbonyl (C=O) groups excluding carboxylic acids is 4. The molecule has 8 nitrogen and oxygen atoms in total. The number of hydroxylamine groups is 2. The van der Waals surface area contributed by atoms with E-state index in [1.165, 1.54) is 12.1 Å². The van der Waals surface area contributed by atoms with Crippen molar-refractivity contribution in [3.63, 3.8) is 0 Å². The highest BCUT2D eigenvalue weighted by Crippen LogP contribution is 2.23. The Labute approximate surface area is 164 Å². The van der Waals surface area contributed by atoms with Gasteiger partial charge >= 0.3 is 12.1 Å². The molecule has 28 heavy (non-hydrogen) atoms. The lowest BCUT2D eigenvalue weighted by atomic mass is 10.0. The summed E-state index contributed by atoms with van der Waals surface area (Å²) in [4.78, 5) is 53.9. The molecule has 2 rings (SSSR count). The standard InChI is InChI=1S/C20H26N2O6/c1-12(2)10-13(21-19(26)27-20(3,4)5)11-16(23)28-22-17(24)14-8-6-7-9-15(14)18(22)25/h6-9,12-13H,10-11H2,1-5H3,(H,21,26)/t13-/m1/s1. The van der Waals surface area contributed by atoms with Crippen molar-refractivity contribution in [2.24, 2.45) is 5.92 Å². The van der Waals surface area contributed by atoms with Gasteiger partial charge in [0.2, 0.25) is 0 Å². The summed E-state index contributed by atoms with van der Waals surface area (Å²) < 4.78 is 5.22. The molecule has 1 atom stereocenters. The molecule has 1 heterocycles. The minimum absolute atomic E-state index is 0.186. The Morgan fingerprint density at radius 3 is 2.07 bits per heavy atom. The van der Waals surface area contributed by atoms with Crippen LogP contribution in [0.15, 0.2) is 24.3 Å². The molecule has 0 fully saturated rings. The normalized spacial score (nSPS) is 14.7. The highest BCUT2D eigenvalue weighted by Gasteiger charge is 2.39. The molecule has 0 radical (unpaired) electrons. The fraction of sp³-hybridized carbons (Fsp3) is 0.500. The second kappa shape index (κ2) is 8.41. The van der Waals surface area contributed by atoms with E-state index >= 15 is 0 Å². The highest BCUT2D eigenvalue weighted by molar-refractivity contribution is 6.20. The lowest BCUT2D eigenvalue weighted by molar-refractivity contribution is -0.169. The minimum atomic E-state index is -0.795. The Bertz CT molecular complexity index is 746. The maximum absolute atomic E-state index is 12.3. The number of carbonyl (C=O) groups is 4. The van der Waals surface area contributed by atoms with Gasteiger partial charge in [0, 0.05) is 6.04 Å². The number of rotatable bonds is 6. The summed E-state index contributed by atoms with van der Waals surface area (Å²) in [7, 11) is 0. The van der Waals surface area contributed by atoms with Crippen LogP contribution in [0.2, 0.25) is 0 Å². The fourth-order valence-electron chi connectivity index (χ4n) is 2.83. The van der Waals surface area contributed by atoms with E-state index in [0.717, 1.165) is 0 Å². The predicted molar refractivity (Wildman–Crippen MR) is 100 cm³/mol. The molecule has 0 spiro atoms. The molecule has 0 saturated heterocycles. The Balaban J connectivity index is 2.01. The molecule has 152 valence electrons. The topological polar surface area (TPSA) is 102 Å². The van der Waals surface area contributed by atoms with Crippen LogP contribution in [0.4, 0.5) is 4.79 Å². The van der Waals surface area contributed by atoms with Gasteiger partial charge in [0.15, 0.2) is 0 Å². The number of nitrogens with one attached hydrogen (secondary N) is 1. The molecule has 0 bridgehead atoms. The Morgan fingerprint density at radius 1 is 1.07 bits per heavy atom. The van der Waals surface area contributed by atoms with Crippen molar-refractivity contribution < 1.29 is 28.8 Å². The molecule has 1 aromatic carbocycles. The molecule has 0 saturated carbocycles. The lowest BCUT2D eigenvalue weighted by Crippen LogP contribution is -2.42. The van der Waals surface area contributed by atoms with Crippen LogP contribution in [0, 0.1) is 5.92 Å². The third-order valence-corrected chi connectivity index (χ3v) is 3.84. The first-order chi connectivity index (χ1) is 13.0. The maximum Gasteiger partial charge on any atom is 0.407 e. The van der Waals surface area contributed by atoms with Crippen LogP contribution in [0.25, 0.3) is 0 Å². The number of alkyl carbamates (subject to hydrolysis) is 1. The van der Waals surface area contributed by atoms with Crippen molar-refractivity contribution in [3.05, 3.63) is 35.4 Å². The van der Waals surface area contributed by atoms with Gasteiger partial charge in [-0.3, -0.25) is 9.59 Å². The molecule has 1 aliphatic rings. The number of benzene rings is 1.